The fraction of sp³-hybridized carbons (Fsp3) is 1.00. The second kappa shape index (κ2) is 3.93. The first kappa shape index (κ1) is 9.91. The molecule has 0 spiro atoms. The lowest BCUT2D eigenvalue weighted by molar-refractivity contribution is 0.534. The third-order valence-corrected chi connectivity index (χ3v) is 2.13. The molecule has 62 valence electrons. The van der Waals surface area contributed by atoms with Gasteiger partial charge in [-0.15, -0.1) is 0 Å². The number of hydrogen-bond donors (Lipinski definition) is 1. The quantitative estimate of drug-likeness (QED) is 0.667. The summed E-state index contributed by atoms with van der Waals surface area (Å²) in [7, 11) is -3.00. The van der Waals surface area contributed by atoms with Crippen LogP contribution in [0, 0.1) is 0 Å². The highest BCUT2D eigenvalue weighted by Gasteiger charge is 2.08. The van der Waals surface area contributed by atoms with Crippen LogP contribution in [0.2, 0.25) is 0 Å². The van der Waals surface area contributed by atoms with Crippen LogP contribution in [-0.4, -0.2) is 20.7 Å². The summed E-state index contributed by atoms with van der Waals surface area (Å²) in [6.07, 6.45) is 2.89. The largest absolute Gasteiger partial charge is 0.213 e. The summed E-state index contributed by atoms with van der Waals surface area (Å²) < 4.78 is 23.8. The highest BCUT2D eigenvalue weighted by Crippen LogP contribution is 1.96. The predicted molar refractivity (Wildman–Crippen MR) is 42.3 cm³/mol. The van der Waals surface area contributed by atoms with Crippen molar-refractivity contribution in [2.45, 2.75) is 32.7 Å². The lowest BCUT2D eigenvalue weighted by Gasteiger charge is -2.11. The molecule has 4 heteroatoms. The molecule has 0 fully saturated rings. The van der Waals surface area contributed by atoms with Crippen LogP contribution in [-0.2, 0) is 10.0 Å². The third kappa shape index (κ3) is 4.76. The van der Waals surface area contributed by atoms with Gasteiger partial charge in [0.25, 0.3) is 0 Å². The summed E-state index contributed by atoms with van der Waals surface area (Å²) in [4.78, 5) is 0. The van der Waals surface area contributed by atoms with Gasteiger partial charge in [-0.05, 0) is 12.8 Å². The third-order valence-electron chi connectivity index (χ3n) is 1.37. The van der Waals surface area contributed by atoms with Crippen LogP contribution >= 0.6 is 0 Å². The van der Waals surface area contributed by atoms with Gasteiger partial charge in [-0.25, -0.2) is 13.1 Å². The highest BCUT2D eigenvalue weighted by molar-refractivity contribution is 7.88. The van der Waals surface area contributed by atoms with Crippen LogP contribution in [0.15, 0.2) is 0 Å². The van der Waals surface area contributed by atoms with Gasteiger partial charge in [-0.1, -0.05) is 13.8 Å². The first-order valence-electron chi connectivity index (χ1n) is 3.47. The zero-order valence-corrected chi connectivity index (χ0v) is 7.53. The van der Waals surface area contributed by atoms with Crippen molar-refractivity contribution < 1.29 is 8.42 Å². The van der Waals surface area contributed by atoms with E-state index >= 15 is 0 Å². The molecule has 0 bridgehead atoms. The van der Waals surface area contributed by atoms with E-state index in [2.05, 4.69) is 4.72 Å². The molecule has 0 aromatic carbocycles. The number of rotatable bonds is 4. The van der Waals surface area contributed by atoms with Gasteiger partial charge < -0.3 is 0 Å². The van der Waals surface area contributed by atoms with E-state index in [-0.39, 0.29) is 6.04 Å². The second-order valence-corrected chi connectivity index (χ2v) is 4.18. The minimum atomic E-state index is -3.00. The molecule has 0 aliphatic rings. The van der Waals surface area contributed by atoms with Crippen molar-refractivity contribution in [2.75, 3.05) is 6.26 Å². The Bertz CT molecular complexity index is 170. The van der Waals surface area contributed by atoms with Crippen LogP contribution < -0.4 is 4.72 Å². The molecule has 0 saturated heterocycles. The van der Waals surface area contributed by atoms with E-state index in [1.807, 2.05) is 13.8 Å². The molecule has 0 aromatic rings. The molecule has 0 saturated carbocycles. The topological polar surface area (TPSA) is 46.2 Å². The molecule has 0 radical (unpaired) electrons. The minimum absolute atomic E-state index is 0.106. The highest BCUT2D eigenvalue weighted by atomic mass is 32.2. The maximum absolute atomic E-state index is 10.6. The van der Waals surface area contributed by atoms with Crippen LogP contribution in [0.4, 0.5) is 0 Å². The lowest BCUT2D eigenvalue weighted by atomic mass is 10.2. The monoisotopic (exact) mass is 165 g/mol. The van der Waals surface area contributed by atoms with Crippen molar-refractivity contribution in [3.63, 3.8) is 0 Å². The lowest BCUT2D eigenvalue weighted by Crippen LogP contribution is -2.32. The van der Waals surface area contributed by atoms with Gasteiger partial charge in [0, 0.05) is 6.04 Å². The summed E-state index contributed by atoms with van der Waals surface area (Å²) in [5.74, 6) is 0. The standard InChI is InChI=1S/C6H15NO2S/c1-4-6(5-2)7-10(3,8)9/h6-7H,4-5H2,1-3H3. The summed E-state index contributed by atoms with van der Waals surface area (Å²) in [6, 6.07) is 0.106. The summed E-state index contributed by atoms with van der Waals surface area (Å²) in [5, 5.41) is 0. The Morgan fingerprint density at radius 2 is 1.70 bits per heavy atom. The van der Waals surface area contributed by atoms with Gasteiger partial charge in [0.1, 0.15) is 0 Å². The van der Waals surface area contributed by atoms with Gasteiger partial charge >= 0.3 is 0 Å². The summed E-state index contributed by atoms with van der Waals surface area (Å²) >= 11 is 0. The van der Waals surface area contributed by atoms with Crippen molar-refractivity contribution in [1.82, 2.24) is 4.72 Å². The normalized spacial score (nSPS) is 12.4. The van der Waals surface area contributed by atoms with Gasteiger partial charge in [0.05, 0.1) is 6.26 Å². The average molecular weight is 165 g/mol. The smallest absolute Gasteiger partial charge is 0.208 e. The minimum Gasteiger partial charge on any atom is -0.213 e. The number of sulfonamides is 1. The maximum Gasteiger partial charge on any atom is 0.208 e. The molecule has 0 heterocycles. The van der Waals surface area contributed by atoms with E-state index in [0.717, 1.165) is 12.8 Å². The average Bonchev–Trinajstić information content (AvgIpc) is 1.81. The van der Waals surface area contributed by atoms with E-state index < -0.39 is 10.0 Å². The van der Waals surface area contributed by atoms with E-state index in [9.17, 15) is 8.42 Å². The molecule has 0 aliphatic heterocycles. The van der Waals surface area contributed by atoms with Crippen molar-refractivity contribution in [2.24, 2.45) is 0 Å². The van der Waals surface area contributed by atoms with Crippen LogP contribution in [0.3, 0.4) is 0 Å². The van der Waals surface area contributed by atoms with E-state index in [4.69, 9.17) is 0 Å². The van der Waals surface area contributed by atoms with Crippen LogP contribution in [0.25, 0.3) is 0 Å². The fourth-order valence-corrected chi connectivity index (χ4v) is 1.70. The first-order chi connectivity index (χ1) is 4.49. The van der Waals surface area contributed by atoms with Crippen LogP contribution in [0.1, 0.15) is 26.7 Å². The van der Waals surface area contributed by atoms with E-state index in [1.54, 1.807) is 0 Å². The SMILES string of the molecule is CCC(CC)NS(C)(=O)=O. The number of nitrogens with one attached hydrogen (secondary N) is 1. The molecule has 1 N–H and O–H groups in total. The Hall–Kier alpha value is -0.0900. The van der Waals surface area contributed by atoms with Crippen LogP contribution in [0.5, 0.6) is 0 Å². The van der Waals surface area contributed by atoms with E-state index in [1.165, 1.54) is 6.26 Å². The molecule has 0 amide bonds. The number of hydrogen-bond acceptors (Lipinski definition) is 2. The Balaban J connectivity index is 3.87. The van der Waals surface area contributed by atoms with Crippen molar-refractivity contribution in [3.8, 4) is 0 Å². The van der Waals surface area contributed by atoms with Gasteiger partial charge in [-0.3, -0.25) is 0 Å². The zero-order valence-electron chi connectivity index (χ0n) is 6.72. The van der Waals surface area contributed by atoms with Crippen molar-refractivity contribution in [1.29, 1.82) is 0 Å². The Labute approximate surface area is 62.9 Å². The Morgan fingerprint density at radius 3 is 1.80 bits per heavy atom. The summed E-state index contributed by atoms with van der Waals surface area (Å²) in [6.45, 7) is 3.93. The summed E-state index contributed by atoms with van der Waals surface area (Å²) in [5.41, 5.74) is 0. The molecular weight excluding hydrogens is 150 g/mol. The molecule has 10 heavy (non-hydrogen) atoms. The molecule has 0 unspecified atom stereocenters. The first-order valence-corrected chi connectivity index (χ1v) is 5.36. The van der Waals surface area contributed by atoms with Gasteiger partial charge in [0.15, 0.2) is 0 Å². The molecule has 0 aliphatic carbocycles. The second-order valence-electron chi connectivity index (χ2n) is 2.40. The van der Waals surface area contributed by atoms with Crippen molar-refractivity contribution >= 4 is 10.0 Å². The van der Waals surface area contributed by atoms with Crippen molar-refractivity contribution in [3.05, 3.63) is 0 Å². The van der Waals surface area contributed by atoms with E-state index in [0.29, 0.717) is 0 Å². The maximum atomic E-state index is 10.6. The molecule has 3 nitrogen and oxygen atoms in total. The molecule has 0 atom stereocenters. The molecule has 0 aromatic heterocycles. The fourth-order valence-electron chi connectivity index (χ4n) is 0.758. The predicted octanol–water partition coefficient (Wildman–Crippen LogP) is 0.724. The Kier molecular flexibility index (Phi) is 3.89. The molecule has 0 rings (SSSR count). The Morgan fingerprint density at radius 1 is 1.30 bits per heavy atom. The van der Waals surface area contributed by atoms with Gasteiger partial charge in [0.2, 0.25) is 10.0 Å². The zero-order chi connectivity index (χ0) is 8.20. The molecular formula is C6H15NO2S. The van der Waals surface area contributed by atoms with Gasteiger partial charge in [-0.2, -0.15) is 0 Å².